The maximum Gasteiger partial charge on any atom is 0.271 e. The zero-order valence-electron chi connectivity index (χ0n) is 12.7. The molecule has 2 aromatic heterocycles. The van der Waals surface area contributed by atoms with Gasteiger partial charge in [-0.25, -0.2) is 5.43 Å². The van der Waals surface area contributed by atoms with Gasteiger partial charge in [0.05, 0.1) is 6.42 Å². The summed E-state index contributed by atoms with van der Waals surface area (Å²) in [6.07, 6.45) is 6.52. The average Bonchev–Trinajstić information content (AvgIpc) is 2.59. The Morgan fingerprint density at radius 3 is 2.61 bits per heavy atom. The number of hydrogen-bond donors (Lipinski definition) is 2. The number of nitrogens with zero attached hydrogens (tertiary/aromatic N) is 3. The lowest BCUT2D eigenvalue weighted by atomic mass is 10.2. The SMILES string of the molecule is C/C(CC(=O)NCc1cccnc1)=N\NC(=O)c1ccncc1. The average molecular weight is 311 g/mol. The topological polar surface area (TPSA) is 96.3 Å². The molecule has 0 radical (unpaired) electrons. The first-order chi connectivity index (χ1) is 11.1. The molecule has 0 aromatic carbocycles. The number of nitrogens with one attached hydrogen (secondary N) is 2. The van der Waals surface area contributed by atoms with E-state index < -0.39 is 0 Å². The fourth-order valence-corrected chi connectivity index (χ4v) is 1.75. The van der Waals surface area contributed by atoms with Crippen molar-refractivity contribution in [2.45, 2.75) is 19.9 Å². The highest BCUT2D eigenvalue weighted by Crippen LogP contribution is 1.97. The lowest BCUT2D eigenvalue weighted by Gasteiger charge is -2.05. The maximum atomic E-state index is 11.8. The molecule has 0 aliphatic heterocycles. The Morgan fingerprint density at radius 1 is 1.13 bits per heavy atom. The van der Waals surface area contributed by atoms with Crippen LogP contribution in [0, 0.1) is 0 Å². The van der Waals surface area contributed by atoms with Crippen molar-refractivity contribution in [1.29, 1.82) is 0 Å². The van der Waals surface area contributed by atoms with Crippen LogP contribution in [0.4, 0.5) is 0 Å². The molecule has 2 N–H and O–H groups in total. The van der Waals surface area contributed by atoms with E-state index in [9.17, 15) is 9.59 Å². The zero-order chi connectivity index (χ0) is 16.5. The zero-order valence-corrected chi connectivity index (χ0v) is 12.7. The minimum absolute atomic E-state index is 0.108. The van der Waals surface area contributed by atoms with Gasteiger partial charge in [-0.3, -0.25) is 19.6 Å². The van der Waals surface area contributed by atoms with Gasteiger partial charge in [-0.05, 0) is 30.7 Å². The number of carbonyl (C=O) groups is 2. The maximum absolute atomic E-state index is 11.8. The minimum Gasteiger partial charge on any atom is -0.352 e. The van der Waals surface area contributed by atoms with Crippen molar-refractivity contribution >= 4 is 17.5 Å². The summed E-state index contributed by atoms with van der Waals surface area (Å²) < 4.78 is 0. The van der Waals surface area contributed by atoms with Crippen LogP contribution >= 0.6 is 0 Å². The van der Waals surface area contributed by atoms with Crippen molar-refractivity contribution in [3.8, 4) is 0 Å². The van der Waals surface area contributed by atoms with Gasteiger partial charge in [0.2, 0.25) is 5.91 Å². The van der Waals surface area contributed by atoms with Gasteiger partial charge in [-0.15, -0.1) is 0 Å². The molecule has 0 aliphatic rings. The molecule has 0 aliphatic carbocycles. The van der Waals surface area contributed by atoms with Crippen LogP contribution in [0.2, 0.25) is 0 Å². The Balaban J connectivity index is 1.78. The summed E-state index contributed by atoms with van der Waals surface area (Å²) in [6, 6.07) is 6.85. The Morgan fingerprint density at radius 2 is 1.91 bits per heavy atom. The fraction of sp³-hybridized carbons (Fsp3) is 0.188. The first kappa shape index (κ1) is 16.3. The molecular weight excluding hydrogens is 294 g/mol. The molecular formula is C16H17N5O2. The summed E-state index contributed by atoms with van der Waals surface area (Å²) in [4.78, 5) is 31.4. The van der Waals surface area contributed by atoms with Gasteiger partial charge < -0.3 is 5.32 Å². The molecule has 0 spiro atoms. The smallest absolute Gasteiger partial charge is 0.271 e. The highest BCUT2D eigenvalue weighted by Gasteiger charge is 2.06. The number of rotatable bonds is 6. The molecule has 0 fully saturated rings. The molecule has 2 aromatic rings. The number of hydrogen-bond acceptors (Lipinski definition) is 5. The van der Waals surface area contributed by atoms with E-state index in [2.05, 4.69) is 25.8 Å². The van der Waals surface area contributed by atoms with Crippen molar-refractivity contribution in [2.75, 3.05) is 0 Å². The molecule has 118 valence electrons. The fourth-order valence-electron chi connectivity index (χ4n) is 1.75. The minimum atomic E-state index is -0.345. The second-order valence-corrected chi connectivity index (χ2v) is 4.84. The number of hydrazone groups is 1. The van der Waals surface area contributed by atoms with Crippen LogP contribution in [-0.4, -0.2) is 27.5 Å². The number of carbonyl (C=O) groups excluding carboxylic acids is 2. The van der Waals surface area contributed by atoms with Crippen LogP contribution in [-0.2, 0) is 11.3 Å². The molecule has 7 heteroatoms. The quantitative estimate of drug-likeness (QED) is 0.620. The third kappa shape index (κ3) is 5.66. The third-order valence-corrected chi connectivity index (χ3v) is 2.92. The van der Waals surface area contributed by atoms with Gasteiger partial charge in [0, 0.05) is 42.6 Å². The van der Waals surface area contributed by atoms with Gasteiger partial charge in [0.1, 0.15) is 0 Å². The van der Waals surface area contributed by atoms with E-state index >= 15 is 0 Å². The van der Waals surface area contributed by atoms with Crippen LogP contribution in [0.25, 0.3) is 0 Å². The Bertz CT molecular complexity index is 686. The van der Waals surface area contributed by atoms with E-state index in [0.29, 0.717) is 17.8 Å². The molecule has 0 saturated heterocycles. The number of pyridine rings is 2. The Hall–Kier alpha value is -3.09. The Labute approximate surface area is 133 Å². The van der Waals surface area contributed by atoms with E-state index in [0.717, 1.165) is 5.56 Å². The van der Waals surface area contributed by atoms with Crippen molar-refractivity contribution in [1.82, 2.24) is 20.7 Å². The number of aromatic nitrogens is 2. The number of amides is 2. The highest BCUT2D eigenvalue weighted by molar-refractivity contribution is 6.01. The van der Waals surface area contributed by atoms with E-state index in [4.69, 9.17) is 0 Å². The lowest BCUT2D eigenvalue weighted by Crippen LogP contribution is -2.26. The molecule has 0 saturated carbocycles. The van der Waals surface area contributed by atoms with Gasteiger partial charge in [0.25, 0.3) is 5.91 Å². The molecule has 23 heavy (non-hydrogen) atoms. The molecule has 7 nitrogen and oxygen atoms in total. The molecule has 2 rings (SSSR count). The van der Waals surface area contributed by atoms with Crippen molar-refractivity contribution in [2.24, 2.45) is 5.10 Å². The van der Waals surface area contributed by atoms with Gasteiger partial charge in [0.15, 0.2) is 0 Å². The van der Waals surface area contributed by atoms with Crippen molar-refractivity contribution < 1.29 is 9.59 Å². The predicted molar refractivity (Wildman–Crippen MR) is 85.5 cm³/mol. The first-order valence-corrected chi connectivity index (χ1v) is 7.04. The first-order valence-electron chi connectivity index (χ1n) is 7.04. The van der Waals surface area contributed by atoms with Crippen molar-refractivity contribution in [3.05, 3.63) is 60.2 Å². The predicted octanol–water partition coefficient (Wildman–Crippen LogP) is 1.29. The van der Waals surface area contributed by atoms with Crippen LogP contribution in [0.3, 0.4) is 0 Å². The van der Waals surface area contributed by atoms with Crippen molar-refractivity contribution in [3.63, 3.8) is 0 Å². The second kappa shape index (κ2) is 8.38. The van der Waals surface area contributed by atoms with Gasteiger partial charge in [-0.1, -0.05) is 6.07 Å². The summed E-state index contributed by atoms with van der Waals surface area (Å²) >= 11 is 0. The van der Waals surface area contributed by atoms with Crippen LogP contribution in [0.1, 0.15) is 29.3 Å². The van der Waals surface area contributed by atoms with E-state index in [1.807, 2.05) is 12.1 Å². The van der Waals surface area contributed by atoms with Crippen LogP contribution < -0.4 is 10.7 Å². The van der Waals surface area contributed by atoms with E-state index in [-0.39, 0.29) is 18.2 Å². The molecule has 2 amide bonds. The molecule has 0 unspecified atom stereocenters. The Kier molecular flexibility index (Phi) is 5.93. The van der Waals surface area contributed by atoms with E-state index in [1.165, 1.54) is 12.4 Å². The summed E-state index contributed by atoms with van der Waals surface area (Å²) in [5.74, 6) is -0.518. The monoisotopic (exact) mass is 311 g/mol. The van der Waals surface area contributed by atoms with Crippen LogP contribution in [0.15, 0.2) is 54.2 Å². The van der Waals surface area contributed by atoms with Gasteiger partial charge in [-0.2, -0.15) is 5.10 Å². The highest BCUT2D eigenvalue weighted by atomic mass is 16.2. The standard InChI is InChI=1S/C16H17N5O2/c1-12(20-21-16(23)14-4-7-17-8-5-14)9-15(22)19-11-13-3-2-6-18-10-13/h2-8,10H,9,11H2,1H3,(H,19,22)(H,21,23)/b20-12+. The summed E-state index contributed by atoms with van der Waals surface area (Å²) in [5.41, 5.74) is 4.29. The summed E-state index contributed by atoms with van der Waals surface area (Å²) in [5, 5.41) is 6.69. The van der Waals surface area contributed by atoms with Gasteiger partial charge >= 0.3 is 0 Å². The van der Waals surface area contributed by atoms with E-state index in [1.54, 1.807) is 31.5 Å². The largest absolute Gasteiger partial charge is 0.352 e. The second-order valence-electron chi connectivity index (χ2n) is 4.84. The summed E-state index contributed by atoms with van der Waals surface area (Å²) in [6.45, 7) is 2.08. The lowest BCUT2D eigenvalue weighted by molar-refractivity contribution is -0.120. The van der Waals surface area contributed by atoms with Crippen LogP contribution in [0.5, 0.6) is 0 Å². The molecule has 0 bridgehead atoms. The normalized spacial score (nSPS) is 10.9. The molecule has 0 atom stereocenters. The summed E-state index contributed by atoms with van der Waals surface area (Å²) in [7, 11) is 0. The third-order valence-electron chi connectivity index (χ3n) is 2.92. The molecule has 2 heterocycles.